The van der Waals surface area contributed by atoms with E-state index in [9.17, 15) is 4.79 Å². The third-order valence-corrected chi connectivity index (χ3v) is 3.64. The first kappa shape index (κ1) is 10.5. The van der Waals surface area contributed by atoms with Crippen molar-refractivity contribution < 1.29 is 4.79 Å². The van der Waals surface area contributed by atoms with Crippen molar-refractivity contribution in [1.29, 1.82) is 0 Å². The minimum Gasteiger partial charge on any atom is -0.369 e. The molecule has 0 aliphatic carbocycles. The number of hydrogen-bond donors (Lipinski definition) is 2. The maximum atomic E-state index is 10.7. The van der Waals surface area contributed by atoms with Crippen LogP contribution in [-0.2, 0) is 4.79 Å². The molecule has 1 aromatic carbocycles. The number of H-pyrrole nitrogens is 1. The summed E-state index contributed by atoms with van der Waals surface area (Å²) in [6.07, 6.45) is 0. The number of rotatable bonds is 3. The second kappa shape index (κ2) is 3.97. The van der Waals surface area contributed by atoms with Gasteiger partial charge in [0.2, 0.25) is 5.91 Å². The highest BCUT2D eigenvalue weighted by Gasteiger charge is 2.11. The Labute approximate surface area is 104 Å². The molecule has 0 unspecified atom stereocenters. The number of aromatic amines is 1. The van der Waals surface area contributed by atoms with E-state index in [0.29, 0.717) is 5.16 Å². The van der Waals surface area contributed by atoms with Crippen LogP contribution in [0.3, 0.4) is 0 Å². The topological polar surface area (TPSA) is 97.6 Å². The number of benzene rings is 1. The van der Waals surface area contributed by atoms with Crippen molar-refractivity contribution in [2.45, 2.75) is 5.16 Å². The van der Waals surface area contributed by atoms with Crippen LogP contribution in [0.2, 0.25) is 0 Å². The number of imidazole rings is 1. The summed E-state index contributed by atoms with van der Waals surface area (Å²) in [5.74, 6) is -0.196. The lowest BCUT2D eigenvalue weighted by Gasteiger charge is -1.89. The molecule has 6 nitrogen and oxygen atoms in total. The van der Waals surface area contributed by atoms with Crippen LogP contribution < -0.4 is 5.73 Å². The van der Waals surface area contributed by atoms with E-state index >= 15 is 0 Å². The zero-order chi connectivity index (χ0) is 11.8. The molecule has 0 spiro atoms. The summed E-state index contributed by atoms with van der Waals surface area (Å²) in [5, 5.41) is 0.555. The first-order valence-electron chi connectivity index (χ1n) is 4.75. The maximum Gasteiger partial charge on any atom is 0.227 e. The smallest absolute Gasteiger partial charge is 0.227 e. The Morgan fingerprint density at radius 2 is 2.29 bits per heavy atom. The molecule has 3 rings (SSSR count). The Morgan fingerprint density at radius 1 is 1.41 bits per heavy atom. The molecule has 0 bridgehead atoms. The molecule has 3 N–H and O–H groups in total. The Hall–Kier alpha value is -1.67. The molecule has 0 saturated heterocycles. The Kier molecular flexibility index (Phi) is 2.45. The summed E-state index contributed by atoms with van der Waals surface area (Å²) in [4.78, 5) is 19.4. The summed E-state index contributed by atoms with van der Waals surface area (Å²) in [5.41, 5.74) is 8.37. The highest BCUT2D eigenvalue weighted by molar-refractivity contribution is 7.99. The van der Waals surface area contributed by atoms with Crippen molar-refractivity contribution in [2.24, 2.45) is 5.73 Å². The van der Waals surface area contributed by atoms with Gasteiger partial charge < -0.3 is 5.73 Å². The van der Waals surface area contributed by atoms with Crippen molar-refractivity contribution >= 4 is 51.5 Å². The zero-order valence-corrected chi connectivity index (χ0v) is 10.1. The van der Waals surface area contributed by atoms with E-state index in [0.717, 1.165) is 22.1 Å². The molecule has 2 heterocycles. The van der Waals surface area contributed by atoms with Crippen LogP contribution in [0.1, 0.15) is 0 Å². The third-order valence-electron chi connectivity index (χ3n) is 2.19. The number of hydrogen-bond acceptors (Lipinski definition) is 6. The molecule has 0 aliphatic heterocycles. The molecule has 0 radical (unpaired) electrons. The van der Waals surface area contributed by atoms with Crippen LogP contribution in [-0.4, -0.2) is 30.4 Å². The number of nitrogens with zero attached hydrogens (tertiary/aromatic N) is 3. The minimum absolute atomic E-state index is 0.183. The highest BCUT2D eigenvalue weighted by Crippen LogP contribution is 2.25. The fourth-order valence-electron chi connectivity index (χ4n) is 1.49. The summed E-state index contributed by atoms with van der Waals surface area (Å²) >= 11 is 2.51. The Bertz CT molecular complexity index is 704. The van der Waals surface area contributed by atoms with Gasteiger partial charge in [-0.25, -0.2) is 9.97 Å². The van der Waals surface area contributed by atoms with Gasteiger partial charge in [0.15, 0.2) is 5.16 Å². The molecular formula is C9H7N5OS2. The van der Waals surface area contributed by atoms with E-state index in [1.54, 1.807) is 0 Å². The van der Waals surface area contributed by atoms with Crippen molar-refractivity contribution in [3.8, 4) is 0 Å². The molecular weight excluding hydrogens is 258 g/mol. The maximum absolute atomic E-state index is 10.7. The van der Waals surface area contributed by atoms with Crippen LogP contribution in [0.25, 0.3) is 22.1 Å². The van der Waals surface area contributed by atoms with Gasteiger partial charge in [-0.1, -0.05) is 11.8 Å². The lowest BCUT2D eigenvalue weighted by atomic mass is 10.3. The molecule has 2 aromatic heterocycles. The molecule has 0 fully saturated rings. The quantitative estimate of drug-likeness (QED) is 0.692. The van der Waals surface area contributed by atoms with Gasteiger partial charge in [-0.15, -0.1) is 0 Å². The lowest BCUT2D eigenvalue weighted by molar-refractivity contribution is -0.115. The Balaban J connectivity index is 2.08. The second-order valence-corrected chi connectivity index (χ2v) is 4.89. The number of nitrogens with one attached hydrogen (secondary N) is 1. The standard InChI is InChI=1S/C9H7N5OS2/c10-6(15)3-16-9-11-4-1-2-5-8(7(4)12-9)14-17-13-5/h1-2,13H,3H2,(H2,10,15). The van der Waals surface area contributed by atoms with Gasteiger partial charge in [0.25, 0.3) is 0 Å². The van der Waals surface area contributed by atoms with Crippen LogP contribution >= 0.6 is 23.5 Å². The van der Waals surface area contributed by atoms with Gasteiger partial charge in [-0.3, -0.25) is 9.17 Å². The lowest BCUT2D eigenvalue weighted by Crippen LogP contribution is -2.13. The zero-order valence-electron chi connectivity index (χ0n) is 8.51. The molecule has 17 heavy (non-hydrogen) atoms. The van der Waals surface area contributed by atoms with Gasteiger partial charge in [0.1, 0.15) is 11.0 Å². The van der Waals surface area contributed by atoms with E-state index in [1.165, 1.54) is 23.5 Å². The summed E-state index contributed by atoms with van der Waals surface area (Å²) in [6, 6.07) is 3.79. The normalized spacial score (nSPS) is 11.3. The highest BCUT2D eigenvalue weighted by atomic mass is 32.2. The van der Waals surface area contributed by atoms with E-state index in [-0.39, 0.29) is 11.7 Å². The third kappa shape index (κ3) is 1.85. The largest absolute Gasteiger partial charge is 0.369 e. The number of amides is 1. The van der Waals surface area contributed by atoms with Crippen molar-refractivity contribution in [1.82, 2.24) is 18.7 Å². The van der Waals surface area contributed by atoms with Crippen molar-refractivity contribution in [3.63, 3.8) is 0 Å². The van der Waals surface area contributed by atoms with Crippen LogP contribution in [0, 0.1) is 0 Å². The van der Waals surface area contributed by atoms with E-state index in [2.05, 4.69) is 18.7 Å². The molecule has 86 valence electrons. The molecule has 0 saturated carbocycles. The predicted molar refractivity (Wildman–Crippen MR) is 67.0 cm³/mol. The van der Waals surface area contributed by atoms with Crippen LogP contribution in [0.4, 0.5) is 0 Å². The monoisotopic (exact) mass is 265 g/mol. The Morgan fingerprint density at radius 3 is 3.12 bits per heavy atom. The van der Waals surface area contributed by atoms with E-state index in [1.807, 2.05) is 12.1 Å². The van der Waals surface area contributed by atoms with Crippen LogP contribution in [0.15, 0.2) is 17.3 Å². The number of carbonyl (C=O) groups is 1. The van der Waals surface area contributed by atoms with Crippen molar-refractivity contribution in [3.05, 3.63) is 12.1 Å². The molecule has 3 aromatic rings. The fraction of sp³-hybridized carbons (Fsp3) is 0.111. The van der Waals surface area contributed by atoms with Gasteiger partial charge in [0, 0.05) is 11.7 Å². The number of fused-ring (bicyclic) bond motifs is 3. The summed E-state index contributed by atoms with van der Waals surface area (Å²) in [7, 11) is 0. The second-order valence-electron chi connectivity index (χ2n) is 3.38. The van der Waals surface area contributed by atoms with Gasteiger partial charge in [0.05, 0.1) is 16.8 Å². The summed E-state index contributed by atoms with van der Waals surface area (Å²) < 4.78 is 7.29. The number of carbonyl (C=O) groups excluding carboxylic acids is 1. The van der Waals surface area contributed by atoms with Gasteiger partial charge >= 0.3 is 0 Å². The predicted octanol–water partition coefficient (Wildman–Crippen LogP) is 1.15. The molecule has 1 amide bonds. The van der Waals surface area contributed by atoms with Gasteiger partial charge in [-0.05, 0) is 12.1 Å². The van der Waals surface area contributed by atoms with Crippen LogP contribution in [0.5, 0.6) is 0 Å². The average molecular weight is 265 g/mol. The number of primary amides is 1. The van der Waals surface area contributed by atoms with Crippen molar-refractivity contribution in [2.75, 3.05) is 5.75 Å². The summed E-state index contributed by atoms with van der Waals surface area (Å²) in [6.45, 7) is 0. The molecule has 0 aliphatic rings. The van der Waals surface area contributed by atoms with E-state index in [4.69, 9.17) is 5.73 Å². The molecule has 8 heteroatoms. The number of thioether (sulfide) groups is 1. The van der Waals surface area contributed by atoms with Gasteiger partial charge in [-0.2, -0.15) is 4.37 Å². The van der Waals surface area contributed by atoms with E-state index < -0.39 is 0 Å². The number of nitrogens with two attached hydrogens (primary N) is 1. The first-order valence-corrected chi connectivity index (χ1v) is 6.51. The molecule has 0 atom stereocenters. The SMILES string of the molecule is NC(=O)CSc1nc2ccc3[nH]snc3c2n1. The fourth-order valence-corrected chi connectivity index (χ4v) is 2.66. The first-order chi connectivity index (χ1) is 8.24. The minimum atomic E-state index is -0.379. The number of aromatic nitrogens is 4. The average Bonchev–Trinajstić information content (AvgIpc) is 2.91.